The molecule has 1 atom stereocenters. The maximum absolute atomic E-state index is 6.06. The lowest BCUT2D eigenvalue weighted by Gasteiger charge is -2.25. The standard InChI is InChI=1S/C29H29ClN2O/c30-25-13-11-24(12-14-25)29-16-15-27(33-29)19-31-26-17-18-32(20-26)21-28(22-7-3-1-4-8-22)23-9-5-2-6-10-23/h1-16,26,28,31H,17-21H2. The Kier molecular flexibility index (Phi) is 6.92. The number of likely N-dealkylation sites (tertiary alicyclic amines) is 1. The number of halogens is 1. The molecule has 0 spiro atoms. The van der Waals surface area contributed by atoms with Crippen LogP contribution in [0.4, 0.5) is 0 Å². The smallest absolute Gasteiger partial charge is 0.134 e. The number of furan rings is 1. The van der Waals surface area contributed by atoms with Gasteiger partial charge in [0.25, 0.3) is 0 Å². The third kappa shape index (κ3) is 5.56. The average molecular weight is 457 g/mol. The van der Waals surface area contributed by atoms with Crippen LogP contribution >= 0.6 is 11.6 Å². The van der Waals surface area contributed by atoms with Gasteiger partial charge in [0.2, 0.25) is 0 Å². The second-order valence-corrected chi connectivity index (χ2v) is 9.21. The molecule has 0 amide bonds. The lowest BCUT2D eigenvalue weighted by molar-refractivity contribution is 0.315. The first-order chi connectivity index (χ1) is 16.2. The molecule has 3 aromatic carbocycles. The van der Waals surface area contributed by atoms with Crippen molar-refractivity contribution in [3.05, 3.63) is 119 Å². The van der Waals surface area contributed by atoms with Crippen molar-refractivity contribution in [1.82, 2.24) is 10.2 Å². The van der Waals surface area contributed by atoms with E-state index in [2.05, 4.69) is 76.9 Å². The van der Waals surface area contributed by atoms with Crippen molar-refractivity contribution in [2.75, 3.05) is 19.6 Å². The van der Waals surface area contributed by atoms with Crippen molar-refractivity contribution in [1.29, 1.82) is 0 Å². The Balaban J connectivity index is 1.18. The molecule has 1 saturated heterocycles. The van der Waals surface area contributed by atoms with Gasteiger partial charge in [0.15, 0.2) is 0 Å². The quantitative estimate of drug-likeness (QED) is 0.324. The number of hydrogen-bond acceptors (Lipinski definition) is 3. The molecule has 4 aromatic rings. The van der Waals surface area contributed by atoms with Gasteiger partial charge in [-0.3, -0.25) is 0 Å². The lowest BCUT2D eigenvalue weighted by Crippen LogP contribution is -2.33. The molecule has 1 aromatic heterocycles. The Morgan fingerprint density at radius 1 is 0.848 bits per heavy atom. The molecule has 0 aliphatic carbocycles. The van der Waals surface area contributed by atoms with Crippen LogP contribution in [0.25, 0.3) is 11.3 Å². The molecule has 1 aliphatic rings. The van der Waals surface area contributed by atoms with Gasteiger partial charge < -0.3 is 14.6 Å². The Hall–Kier alpha value is -2.85. The Labute approximate surface area is 201 Å². The summed E-state index contributed by atoms with van der Waals surface area (Å²) in [5.41, 5.74) is 3.81. The minimum Gasteiger partial charge on any atom is -0.460 e. The predicted molar refractivity (Wildman–Crippen MR) is 136 cm³/mol. The molecule has 1 unspecified atom stereocenters. The summed E-state index contributed by atoms with van der Waals surface area (Å²) >= 11 is 5.99. The zero-order valence-electron chi connectivity index (χ0n) is 18.7. The van der Waals surface area contributed by atoms with Crippen LogP contribution < -0.4 is 5.32 Å². The monoisotopic (exact) mass is 456 g/mol. The fourth-order valence-electron chi connectivity index (χ4n) is 4.68. The van der Waals surface area contributed by atoms with E-state index < -0.39 is 0 Å². The highest BCUT2D eigenvalue weighted by Gasteiger charge is 2.26. The number of hydrogen-bond donors (Lipinski definition) is 1. The Bertz CT molecular complexity index is 1100. The lowest BCUT2D eigenvalue weighted by atomic mass is 9.91. The van der Waals surface area contributed by atoms with Gasteiger partial charge in [-0.15, -0.1) is 0 Å². The van der Waals surface area contributed by atoms with E-state index in [9.17, 15) is 0 Å². The Morgan fingerprint density at radius 2 is 1.52 bits per heavy atom. The van der Waals surface area contributed by atoms with E-state index >= 15 is 0 Å². The van der Waals surface area contributed by atoms with Crippen LogP contribution in [0.5, 0.6) is 0 Å². The zero-order chi connectivity index (χ0) is 22.5. The van der Waals surface area contributed by atoms with Gasteiger partial charge >= 0.3 is 0 Å². The van der Waals surface area contributed by atoms with E-state index in [4.69, 9.17) is 16.0 Å². The largest absolute Gasteiger partial charge is 0.460 e. The third-order valence-electron chi connectivity index (χ3n) is 6.47. The minimum absolute atomic E-state index is 0.387. The van der Waals surface area contributed by atoms with Crippen LogP contribution in [0, 0.1) is 0 Å². The van der Waals surface area contributed by atoms with E-state index in [1.54, 1.807) is 0 Å². The third-order valence-corrected chi connectivity index (χ3v) is 6.72. The highest BCUT2D eigenvalue weighted by Crippen LogP contribution is 2.27. The Morgan fingerprint density at radius 3 is 2.18 bits per heavy atom. The molecule has 5 rings (SSSR count). The first-order valence-electron chi connectivity index (χ1n) is 11.6. The van der Waals surface area contributed by atoms with Crippen molar-refractivity contribution < 1.29 is 4.42 Å². The number of rotatable bonds is 8. The van der Waals surface area contributed by atoms with E-state index in [1.807, 2.05) is 30.3 Å². The normalized spacial score (nSPS) is 16.5. The van der Waals surface area contributed by atoms with E-state index in [1.165, 1.54) is 11.1 Å². The summed E-state index contributed by atoms with van der Waals surface area (Å²) in [6.07, 6.45) is 1.15. The van der Waals surface area contributed by atoms with Gasteiger partial charge in [0, 0.05) is 35.6 Å². The molecule has 0 radical (unpaired) electrons. The SMILES string of the molecule is Clc1ccc(-c2ccc(CNC3CCN(CC(c4ccccc4)c4ccccc4)C3)o2)cc1. The van der Waals surface area contributed by atoms with Crippen LogP contribution in [0.1, 0.15) is 29.2 Å². The topological polar surface area (TPSA) is 28.4 Å². The van der Waals surface area contributed by atoms with Gasteiger partial charge in [-0.2, -0.15) is 0 Å². The molecular formula is C29H29ClN2O. The minimum atomic E-state index is 0.387. The van der Waals surface area contributed by atoms with E-state index in [0.29, 0.717) is 12.0 Å². The van der Waals surface area contributed by atoms with Crippen LogP contribution in [-0.2, 0) is 6.54 Å². The van der Waals surface area contributed by atoms with E-state index in [0.717, 1.165) is 54.7 Å². The highest BCUT2D eigenvalue weighted by atomic mass is 35.5. The molecule has 4 heteroatoms. The molecule has 2 heterocycles. The summed E-state index contributed by atoms with van der Waals surface area (Å²) in [4.78, 5) is 2.59. The first kappa shape index (κ1) is 22.0. The second kappa shape index (κ2) is 10.4. The fourth-order valence-corrected chi connectivity index (χ4v) is 4.81. The van der Waals surface area contributed by atoms with Crippen molar-refractivity contribution in [2.45, 2.75) is 24.9 Å². The predicted octanol–water partition coefficient (Wildman–Crippen LogP) is 6.60. The molecule has 1 aliphatic heterocycles. The van der Waals surface area contributed by atoms with Crippen molar-refractivity contribution in [3.63, 3.8) is 0 Å². The molecule has 33 heavy (non-hydrogen) atoms. The molecule has 0 bridgehead atoms. The van der Waals surface area contributed by atoms with Crippen molar-refractivity contribution in [3.8, 4) is 11.3 Å². The summed E-state index contributed by atoms with van der Waals surface area (Å²) in [7, 11) is 0. The number of benzene rings is 3. The van der Waals surface area contributed by atoms with Crippen LogP contribution in [0.2, 0.25) is 5.02 Å². The summed E-state index contributed by atoms with van der Waals surface area (Å²) in [5, 5.41) is 4.43. The summed E-state index contributed by atoms with van der Waals surface area (Å²) in [6.45, 7) is 3.95. The van der Waals surface area contributed by atoms with Crippen LogP contribution in [-0.4, -0.2) is 30.6 Å². The van der Waals surface area contributed by atoms with Crippen molar-refractivity contribution in [2.24, 2.45) is 0 Å². The van der Waals surface area contributed by atoms with Gasteiger partial charge in [0.1, 0.15) is 11.5 Å². The first-order valence-corrected chi connectivity index (χ1v) is 12.0. The maximum Gasteiger partial charge on any atom is 0.134 e. The van der Waals surface area contributed by atoms with Crippen molar-refractivity contribution >= 4 is 11.6 Å². The summed E-state index contributed by atoms with van der Waals surface area (Å²) < 4.78 is 6.06. The highest BCUT2D eigenvalue weighted by molar-refractivity contribution is 6.30. The molecular weight excluding hydrogens is 428 g/mol. The molecule has 1 N–H and O–H groups in total. The maximum atomic E-state index is 6.06. The fraction of sp³-hybridized carbons (Fsp3) is 0.241. The summed E-state index contributed by atoms with van der Waals surface area (Å²) in [5.74, 6) is 2.23. The van der Waals surface area contributed by atoms with Crippen LogP contribution in [0.3, 0.4) is 0 Å². The molecule has 1 fully saturated rings. The molecule has 0 saturated carbocycles. The van der Waals surface area contributed by atoms with Gasteiger partial charge in [-0.05, 0) is 60.5 Å². The van der Waals surface area contributed by atoms with Crippen LogP contribution in [0.15, 0.2) is 101 Å². The zero-order valence-corrected chi connectivity index (χ0v) is 19.4. The number of nitrogens with one attached hydrogen (secondary N) is 1. The second-order valence-electron chi connectivity index (χ2n) is 8.77. The van der Waals surface area contributed by atoms with E-state index in [-0.39, 0.29) is 0 Å². The van der Waals surface area contributed by atoms with Gasteiger partial charge in [-0.25, -0.2) is 0 Å². The van der Waals surface area contributed by atoms with Gasteiger partial charge in [0.05, 0.1) is 6.54 Å². The molecule has 168 valence electrons. The average Bonchev–Trinajstić information content (AvgIpc) is 3.52. The van der Waals surface area contributed by atoms with Gasteiger partial charge in [-0.1, -0.05) is 72.3 Å². The number of nitrogens with zero attached hydrogens (tertiary/aromatic N) is 1. The molecule has 3 nitrogen and oxygen atoms in total. The summed E-state index contributed by atoms with van der Waals surface area (Å²) in [6, 6.07) is 34.1.